The molecule has 1 saturated carbocycles. The van der Waals surface area contributed by atoms with Crippen LogP contribution >= 0.6 is 0 Å². The number of hydrogen-bond acceptors (Lipinski definition) is 2. The fourth-order valence-corrected chi connectivity index (χ4v) is 1.60. The molecule has 3 nitrogen and oxygen atoms in total. The molecule has 1 N–H and O–H groups in total. The topological polar surface area (TPSA) is 42.0 Å². The maximum atomic E-state index is 11.7. The third-order valence-corrected chi connectivity index (χ3v) is 2.78. The van der Waals surface area contributed by atoms with E-state index in [1.54, 1.807) is 6.20 Å². The molecule has 1 aliphatic rings. The highest BCUT2D eigenvalue weighted by Gasteiger charge is 2.29. The summed E-state index contributed by atoms with van der Waals surface area (Å²) in [5.74, 6) is 0.353. The SMILES string of the molecule is CCCC=Cc1ncccc1NC(=O)C1CC1. The summed E-state index contributed by atoms with van der Waals surface area (Å²) < 4.78 is 0. The quantitative estimate of drug-likeness (QED) is 0.843. The molecule has 1 aliphatic carbocycles. The number of nitrogens with zero attached hydrogens (tertiary/aromatic N) is 1. The van der Waals surface area contributed by atoms with Crippen molar-refractivity contribution in [2.45, 2.75) is 32.6 Å². The van der Waals surface area contributed by atoms with Gasteiger partial charge in [-0.05, 0) is 37.5 Å². The number of unbranched alkanes of at least 4 members (excludes halogenated alkanes) is 1. The number of carbonyl (C=O) groups is 1. The minimum absolute atomic E-state index is 0.128. The van der Waals surface area contributed by atoms with E-state index in [1.165, 1.54) is 0 Å². The highest BCUT2D eigenvalue weighted by Crippen LogP contribution is 2.30. The predicted octanol–water partition coefficient (Wildman–Crippen LogP) is 3.24. The van der Waals surface area contributed by atoms with Crippen LogP contribution in [0.1, 0.15) is 38.3 Å². The number of rotatable bonds is 5. The fourth-order valence-electron chi connectivity index (χ4n) is 1.60. The van der Waals surface area contributed by atoms with Crippen molar-refractivity contribution in [2.75, 3.05) is 5.32 Å². The standard InChI is InChI=1S/C14H18N2O/c1-2-3-4-6-12-13(7-5-10-15-12)16-14(17)11-8-9-11/h4-7,10-11H,2-3,8-9H2,1H3,(H,16,17). The van der Waals surface area contributed by atoms with E-state index in [-0.39, 0.29) is 11.8 Å². The van der Waals surface area contributed by atoms with Crippen LogP contribution in [0.3, 0.4) is 0 Å². The summed E-state index contributed by atoms with van der Waals surface area (Å²) in [6.07, 6.45) is 10.0. The second-order valence-electron chi connectivity index (χ2n) is 4.39. The number of pyridine rings is 1. The number of hydrogen-bond donors (Lipinski definition) is 1. The van der Waals surface area contributed by atoms with Crippen molar-refractivity contribution in [3.8, 4) is 0 Å². The van der Waals surface area contributed by atoms with Crippen molar-refractivity contribution < 1.29 is 4.79 Å². The predicted molar refractivity (Wildman–Crippen MR) is 69.5 cm³/mol. The first-order valence-electron chi connectivity index (χ1n) is 6.23. The minimum atomic E-state index is 0.128. The lowest BCUT2D eigenvalue weighted by atomic mass is 10.2. The maximum absolute atomic E-state index is 11.7. The largest absolute Gasteiger partial charge is 0.324 e. The lowest BCUT2D eigenvalue weighted by Gasteiger charge is -2.06. The number of carbonyl (C=O) groups excluding carboxylic acids is 1. The Hall–Kier alpha value is -1.64. The summed E-state index contributed by atoms with van der Waals surface area (Å²) in [5, 5.41) is 2.95. The molecule has 0 atom stereocenters. The van der Waals surface area contributed by atoms with Gasteiger partial charge in [0.05, 0.1) is 11.4 Å². The highest BCUT2D eigenvalue weighted by molar-refractivity contribution is 5.95. The van der Waals surface area contributed by atoms with Crippen LogP contribution in [-0.4, -0.2) is 10.9 Å². The van der Waals surface area contributed by atoms with Crippen molar-refractivity contribution in [3.63, 3.8) is 0 Å². The molecule has 1 aromatic rings. The first-order chi connectivity index (χ1) is 8.31. The van der Waals surface area contributed by atoms with Gasteiger partial charge in [-0.2, -0.15) is 0 Å². The second kappa shape index (κ2) is 5.62. The molecular weight excluding hydrogens is 212 g/mol. The van der Waals surface area contributed by atoms with E-state index in [2.05, 4.69) is 23.3 Å². The number of amides is 1. The van der Waals surface area contributed by atoms with Gasteiger partial charge in [-0.3, -0.25) is 9.78 Å². The Kier molecular flexibility index (Phi) is 3.91. The van der Waals surface area contributed by atoms with Gasteiger partial charge in [0.15, 0.2) is 0 Å². The molecule has 0 spiro atoms. The van der Waals surface area contributed by atoms with Gasteiger partial charge in [0.1, 0.15) is 0 Å². The first-order valence-corrected chi connectivity index (χ1v) is 6.23. The lowest BCUT2D eigenvalue weighted by molar-refractivity contribution is -0.117. The molecule has 0 radical (unpaired) electrons. The second-order valence-corrected chi connectivity index (χ2v) is 4.39. The van der Waals surface area contributed by atoms with E-state index in [9.17, 15) is 4.79 Å². The van der Waals surface area contributed by atoms with E-state index in [0.29, 0.717) is 0 Å². The van der Waals surface area contributed by atoms with Crippen LogP contribution < -0.4 is 5.32 Å². The molecule has 17 heavy (non-hydrogen) atoms. The van der Waals surface area contributed by atoms with Gasteiger partial charge in [-0.15, -0.1) is 0 Å². The molecule has 1 aromatic heterocycles. The Morgan fingerprint density at radius 3 is 3.12 bits per heavy atom. The molecular formula is C14H18N2O. The summed E-state index contributed by atoms with van der Waals surface area (Å²) in [6.45, 7) is 2.14. The summed E-state index contributed by atoms with van der Waals surface area (Å²) in [5.41, 5.74) is 1.66. The Labute approximate surface area is 102 Å². The van der Waals surface area contributed by atoms with Gasteiger partial charge < -0.3 is 5.32 Å². The zero-order chi connectivity index (χ0) is 12.1. The summed E-state index contributed by atoms with van der Waals surface area (Å²) in [6, 6.07) is 3.75. The van der Waals surface area contributed by atoms with Gasteiger partial charge in [0.25, 0.3) is 0 Å². The van der Waals surface area contributed by atoms with E-state index < -0.39 is 0 Å². The smallest absolute Gasteiger partial charge is 0.227 e. The molecule has 1 amide bonds. The molecule has 1 heterocycles. The zero-order valence-corrected chi connectivity index (χ0v) is 10.1. The molecule has 90 valence electrons. The van der Waals surface area contributed by atoms with Gasteiger partial charge >= 0.3 is 0 Å². The average molecular weight is 230 g/mol. The van der Waals surface area contributed by atoms with E-state index in [1.807, 2.05) is 18.2 Å². The third-order valence-electron chi connectivity index (χ3n) is 2.78. The number of aromatic nitrogens is 1. The lowest BCUT2D eigenvalue weighted by Crippen LogP contribution is -2.14. The van der Waals surface area contributed by atoms with Crippen LogP contribution in [0.15, 0.2) is 24.4 Å². The van der Waals surface area contributed by atoms with Crippen LogP contribution in [0.2, 0.25) is 0 Å². The maximum Gasteiger partial charge on any atom is 0.227 e. The average Bonchev–Trinajstić information content (AvgIpc) is 3.15. The van der Waals surface area contributed by atoms with Crippen molar-refractivity contribution in [1.82, 2.24) is 4.98 Å². The minimum Gasteiger partial charge on any atom is -0.324 e. The molecule has 2 rings (SSSR count). The van der Waals surface area contributed by atoms with Crippen molar-refractivity contribution in [1.29, 1.82) is 0 Å². The van der Waals surface area contributed by atoms with Crippen LogP contribution in [0, 0.1) is 5.92 Å². The van der Waals surface area contributed by atoms with Crippen LogP contribution in [0.4, 0.5) is 5.69 Å². The number of allylic oxidation sites excluding steroid dienone is 1. The van der Waals surface area contributed by atoms with Gasteiger partial charge in [-0.25, -0.2) is 0 Å². The van der Waals surface area contributed by atoms with Crippen molar-refractivity contribution >= 4 is 17.7 Å². The zero-order valence-electron chi connectivity index (χ0n) is 10.1. The summed E-state index contributed by atoms with van der Waals surface area (Å²) >= 11 is 0. The van der Waals surface area contributed by atoms with Crippen molar-refractivity contribution in [3.05, 3.63) is 30.1 Å². The monoisotopic (exact) mass is 230 g/mol. The third kappa shape index (κ3) is 3.41. The Balaban J connectivity index is 2.06. The first kappa shape index (κ1) is 11.8. The summed E-state index contributed by atoms with van der Waals surface area (Å²) in [4.78, 5) is 16.0. The van der Waals surface area contributed by atoms with Crippen LogP contribution in [-0.2, 0) is 4.79 Å². The highest BCUT2D eigenvalue weighted by atomic mass is 16.2. The Morgan fingerprint density at radius 2 is 2.41 bits per heavy atom. The number of anilines is 1. The van der Waals surface area contributed by atoms with Gasteiger partial charge in [0.2, 0.25) is 5.91 Å². The molecule has 0 bridgehead atoms. The van der Waals surface area contributed by atoms with Crippen LogP contribution in [0.25, 0.3) is 6.08 Å². The Morgan fingerprint density at radius 1 is 1.59 bits per heavy atom. The molecule has 1 fully saturated rings. The molecule has 0 aliphatic heterocycles. The summed E-state index contributed by atoms with van der Waals surface area (Å²) in [7, 11) is 0. The normalized spacial score (nSPS) is 15.1. The molecule has 3 heteroatoms. The van der Waals surface area contributed by atoms with Gasteiger partial charge in [0, 0.05) is 12.1 Å². The molecule has 0 aromatic carbocycles. The Bertz CT molecular complexity index is 422. The van der Waals surface area contributed by atoms with Gasteiger partial charge in [-0.1, -0.05) is 19.4 Å². The van der Waals surface area contributed by atoms with E-state index in [4.69, 9.17) is 0 Å². The molecule has 0 saturated heterocycles. The number of nitrogens with one attached hydrogen (secondary N) is 1. The van der Waals surface area contributed by atoms with Crippen LogP contribution in [0.5, 0.6) is 0 Å². The van der Waals surface area contributed by atoms with E-state index >= 15 is 0 Å². The fraction of sp³-hybridized carbons (Fsp3) is 0.429. The molecule has 0 unspecified atom stereocenters. The van der Waals surface area contributed by atoms with E-state index in [0.717, 1.165) is 37.1 Å². The van der Waals surface area contributed by atoms with Crippen molar-refractivity contribution in [2.24, 2.45) is 5.92 Å².